The lowest BCUT2D eigenvalue weighted by Crippen LogP contribution is -2.18. The molecule has 5 nitrogen and oxygen atoms in total. The Morgan fingerprint density at radius 1 is 1.64 bits per heavy atom. The normalized spacial score (nSPS) is 9.73. The van der Waals surface area contributed by atoms with Crippen LogP contribution in [-0.4, -0.2) is 27.8 Å². The number of hydrogen-bond acceptors (Lipinski definition) is 4. The summed E-state index contributed by atoms with van der Waals surface area (Å²) in [6.45, 7) is -0.709. The van der Waals surface area contributed by atoms with Gasteiger partial charge in [-0.05, 0) is 0 Å². The average molecular weight is 291 g/mol. The molecule has 0 amide bonds. The van der Waals surface area contributed by atoms with Gasteiger partial charge >= 0.3 is 5.97 Å². The maximum atomic E-state index is 10.5. The third kappa shape index (κ3) is 7.73. The highest BCUT2D eigenvalue weighted by atomic mass is 79.9. The Morgan fingerprint density at radius 3 is 2.55 bits per heavy atom. The largest absolute Gasteiger partial charge is 0.459 e. The molecule has 0 radical (unpaired) electrons. The molecule has 11 heavy (non-hydrogen) atoms. The molecule has 0 aromatic carbocycles. The zero-order valence-corrected chi connectivity index (χ0v) is 8.50. The lowest BCUT2D eigenvalue weighted by atomic mass is 10.7. The predicted molar refractivity (Wildman–Crippen MR) is 44.5 cm³/mol. The van der Waals surface area contributed by atoms with Crippen molar-refractivity contribution in [3.05, 3.63) is 10.1 Å². The summed E-state index contributed by atoms with van der Waals surface area (Å²) in [5.41, 5.74) is 0. The Bertz CT molecular complexity index is 160. The summed E-state index contributed by atoms with van der Waals surface area (Å²) < 4.78 is 4.28. The van der Waals surface area contributed by atoms with Crippen LogP contribution in [-0.2, 0) is 9.53 Å². The number of esters is 1. The molecule has 0 atom stereocenters. The van der Waals surface area contributed by atoms with E-state index in [-0.39, 0.29) is 10.3 Å². The lowest BCUT2D eigenvalue weighted by Gasteiger charge is -2.01. The second kappa shape index (κ2) is 5.48. The van der Waals surface area contributed by atoms with Gasteiger partial charge in [-0.2, -0.15) is 0 Å². The van der Waals surface area contributed by atoms with Gasteiger partial charge in [-0.3, -0.25) is 10.1 Å². The molecule has 0 aliphatic rings. The van der Waals surface area contributed by atoms with Gasteiger partial charge in [0.15, 0.2) is 0 Å². The molecule has 0 bridgehead atoms. The van der Waals surface area contributed by atoms with Crippen molar-refractivity contribution in [2.24, 2.45) is 0 Å². The first-order valence-electron chi connectivity index (χ1n) is 2.58. The molecular weight excluding hydrogens is 286 g/mol. The van der Waals surface area contributed by atoms with Gasteiger partial charge in [0.1, 0.15) is 10.3 Å². The fourth-order valence-corrected chi connectivity index (χ4v) is 0.571. The van der Waals surface area contributed by atoms with Gasteiger partial charge in [-0.1, -0.05) is 31.9 Å². The molecule has 0 unspecified atom stereocenters. The van der Waals surface area contributed by atoms with Crippen LogP contribution in [0.5, 0.6) is 0 Å². The molecule has 0 aromatic heterocycles. The molecule has 0 spiro atoms. The maximum Gasteiger partial charge on any atom is 0.378 e. The van der Waals surface area contributed by atoms with E-state index in [1.807, 2.05) is 0 Å². The molecule has 0 aromatic rings. The van der Waals surface area contributed by atoms with E-state index in [4.69, 9.17) is 0 Å². The number of nitro groups is 1. The second-order valence-corrected chi connectivity index (χ2v) is 5.00. The first-order chi connectivity index (χ1) is 5.02. The van der Waals surface area contributed by atoms with Gasteiger partial charge in [0, 0.05) is 4.92 Å². The van der Waals surface area contributed by atoms with E-state index in [1.165, 1.54) is 0 Å². The molecule has 0 saturated carbocycles. The summed E-state index contributed by atoms with van der Waals surface area (Å²) in [5.74, 6) is -0.834. The third-order valence-electron chi connectivity index (χ3n) is 0.629. The van der Waals surface area contributed by atoms with Crippen LogP contribution in [0.2, 0.25) is 0 Å². The van der Waals surface area contributed by atoms with Crippen LogP contribution >= 0.6 is 31.9 Å². The summed E-state index contributed by atoms with van der Waals surface area (Å²) in [4.78, 5) is 19.5. The number of carbonyl (C=O) groups is 1. The van der Waals surface area contributed by atoms with Crippen LogP contribution in [0.1, 0.15) is 0 Å². The smallest absolute Gasteiger partial charge is 0.378 e. The van der Waals surface area contributed by atoms with Gasteiger partial charge in [0.25, 0.3) is 6.54 Å². The highest BCUT2D eigenvalue weighted by molar-refractivity contribution is 9.24. The number of nitrogens with zero attached hydrogens (tertiary/aromatic N) is 1. The van der Waals surface area contributed by atoms with Crippen LogP contribution in [0.3, 0.4) is 0 Å². The van der Waals surface area contributed by atoms with Crippen LogP contribution in [0.4, 0.5) is 0 Å². The number of ether oxygens (including phenoxy) is 1. The van der Waals surface area contributed by atoms with E-state index in [0.29, 0.717) is 0 Å². The molecule has 0 aliphatic heterocycles. The second-order valence-electron chi connectivity index (χ2n) is 1.56. The predicted octanol–water partition coefficient (Wildman–Crippen LogP) is 0.922. The standard InChI is InChI=1S/C4H5Br2NO4/c5-3(6)2-11-4(8)1-7(9)10/h3H,1-2H2. The minimum absolute atomic E-state index is 0.0761. The summed E-state index contributed by atoms with van der Waals surface area (Å²) in [5, 5.41) is 9.74. The number of rotatable bonds is 4. The molecule has 0 saturated heterocycles. The number of carbonyl (C=O) groups excluding carboxylic acids is 1. The zero-order valence-electron chi connectivity index (χ0n) is 5.33. The molecule has 0 heterocycles. The van der Waals surface area contributed by atoms with Gasteiger partial charge in [-0.25, -0.2) is 4.79 Å². The molecule has 0 aliphatic carbocycles. The van der Waals surface area contributed by atoms with Crippen molar-refractivity contribution in [1.29, 1.82) is 0 Å². The van der Waals surface area contributed by atoms with E-state index in [2.05, 4.69) is 36.6 Å². The minimum atomic E-state index is -0.834. The Kier molecular flexibility index (Phi) is 5.39. The molecule has 0 rings (SSSR count). The van der Waals surface area contributed by atoms with E-state index < -0.39 is 17.4 Å². The van der Waals surface area contributed by atoms with Crippen molar-refractivity contribution >= 4 is 37.8 Å². The Hall–Kier alpha value is -0.170. The SMILES string of the molecule is O=C(C[N+](=O)[O-])OCC(Br)Br. The molecule has 64 valence electrons. The zero-order chi connectivity index (χ0) is 8.85. The topological polar surface area (TPSA) is 69.4 Å². The monoisotopic (exact) mass is 289 g/mol. The first kappa shape index (κ1) is 10.8. The average Bonchev–Trinajstić information content (AvgIpc) is 1.82. The van der Waals surface area contributed by atoms with Crippen LogP contribution in [0, 0.1) is 10.1 Å². The van der Waals surface area contributed by atoms with Gasteiger partial charge < -0.3 is 4.74 Å². The fourth-order valence-electron chi connectivity index (χ4n) is 0.307. The molecule has 0 fully saturated rings. The Morgan fingerprint density at radius 2 is 2.18 bits per heavy atom. The summed E-state index contributed by atoms with van der Waals surface area (Å²) in [7, 11) is 0. The van der Waals surface area contributed by atoms with Gasteiger partial charge in [0.2, 0.25) is 0 Å². The number of alkyl halides is 2. The molecule has 0 N–H and O–H groups in total. The highest BCUT2D eigenvalue weighted by Gasteiger charge is 2.11. The van der Waals surface area contributed by atoms with Crippen LogP contribution in [0.15, 0.2) is 0 Å². The lowest BCUT2D eigenvalue weighted by molar-refractivity contribution is -0.470. The third-order valence-corrected chi connectivity index (χ3v) is 1.16. The summed E-state index contributed by atoms with van der Waals surface area (Å²) in [6.07, 6.45) is 0. The van der Waals surface area contributed by atoms with Crippen molar-refractivity contribution in [1.82, 2.24) is 0 Å². The van der Waals surface area contributed by atoms with Gasteiger partial charge in [0.05, 0.1) is 0 Å². The van der Waals surface area contributed by atoms with E-state index in [9.17, 15) is 14.9 Å². The van der Waals surface area contributed by atoms with E-state index >= 15 is 0 Å². The van der Waals surface area contributed by atoms with E-state index in [1.54, 1.807) is 0 Å². The van der Waals surface area contributed by atoms with Crippen molar-refractivity contribution < 1.29 is 14.5 Å². The fraction of sp³-hybridized carbons (Fsp3) is 0.750. The Balaban J connectivity index is 3.46. The maximum absolute atomic E-state index is 10.5. The van der Waals surface area contributed by atoms with Crippen molar-refractivity contribution in [2.45, 2.75) is 3.74 Å². The number of halogens is 2. The quantitative estimate of drug-likeness (QED) is 0.334. The molecule has 7 heteroatoms. The van der Waals surface area contributed by atoms with Crippen molar-refractivity contribution in [3.8, 4) is 0 Å². The van der Waals surface area contributed by atoms with Crippen LogP contribution in [0.25, 0.3) is 0 Å². The highest BCUT2D eigenvalue weighted by Crippen LogP contribution is 2.07. The van der Waals surface area contributed by atoms with Crippen molar-refractivity contribution in [3.63, 3.8) is 0 Å². The summed E-state index contributed by atoms with van der Waals surface area (Å²) in [6, 6.07) is 0. The summed E-state index contributed by atoms with van der Waals surface area (Å²) >= 11 is 6.08. The van der Waals surface area contributed by atoms with E-state index in [0.717, 1.165) is 0 Å². The van der Waals surface area contributed by atoms with Crippen LogP contribution < -0.4 is 0 Å². The van der Waals surface area contributed by atoms with Crippen molar-refractivity contribution in [2.75, 3.05) is 13.2 Å². The first-order valence-corrected chi connectivity index (χ1v) is 4.41. The Labute approximate surface area is 79.5 Å². The minimum Gasteiger partial charge on any atom is -0.459 e. The molecular formula is C4H5Br2NO4. The van der Waals surface area contributed by atoms with Gasteiger partial charge in [-0.15, -0.1) is 0 Å². The number of hydrogen-bond donors (Lipinski definition) is 0.